The van der Waals surface area contributed by atoms with Gasteiger partial charge in [-0.2, -0.15) is 0 Å². The average Bonchev–Trinajstić information content (AvgIpc) is 3.35. The first-order valence-electron chi connectivity index (χ1n) is 8.17. The molecule has 0 spiro atoms. The van der Waals surface area contributed by atoms with Crippen LogP contribution in [0.25, 0.3) is 0 Å². The van der Waals surface area contributed by atoms with Crippen molar-refractivity contribution >= 4 is 49.9 Å². The lowest BCUT2D eigenvalue weighted by atomic mass is 10.2. The molecule has 130 valence electrons. The smallest absolute Gasteiger partial charge is 0.261 e. The fourth-order valence-corrected chi connectivity index (χ4v) is 4.53. The molecular formula is C18H17IN2O3S. The molecule has 1 aliphatic carbocycles. The molecule has 7 heteroatoms. The summed E-state index contributed by atoms with van der Waals surface area (Å²) in [6.45, 7) is 0.638. The van der Waals surface area contributed by atoms with Crippen molar-refractivity contribution in [2.24, 2.45) is 5.92 Å². The predicted molar refractivity (Wildman–Crippen MR) is 105 cm³/mol. The minimum absolute atomic E-state index is 0.164. The zero-order valence-electron chi connectivity index (χ0n) is 13.4. The van der Waals surface area contributed by atoms with Crippen LogP contribution in [0.1, 0.15) is 18.4 Å². The van der Waals surface area contributed by atoms with Gasteiger partial charge in [0.25, 0.3) is 10.0 Å². The van der Waals surface area contributed by atoms with E-state index < -0.39 is 10.0 Å². The van der Waals surface area contributed by atoms with Gasteiger partial charge in [0.05, 0.1) is 4.90 Å². The molecule has 0 radical (unpaired) electrons. The number of rotatable bonds is 4. The van der Waals surface area contributed by atoms with Crippen molar-refractivity contribution in [3.05, 3.63) is 51.6 Å². The molecule has 4 rings (SSSR count). The summed E-state index contributed by atoms with van der Waals surface area (Å²) in [6, 6.07) is 12.2. The van der Waals surface area contributed by atoms with Gasteiger partial charge in [0.2, 0.25) is 5.91 Å². The number of hydrogen-bond acceptors (Lipinski definition) is 3. The van der Waals surface area contributed by atoms with E-state index in [4.69, 9.17) is 0 Å². The predicted octanol–water partition coefficient (Wildman–Crippen LogP) is 3.39. The standard InChI is InChI=1S/C18H17IN2O3S/c19-14-3-5-15(6-4-14)20-25(23,24)16-7-8-17-13(11-16)9-10-21(17)18(22)12-1-2-12/h3-8,11-12,20H,1-2,9-10H2. The van der Waals surface area contributed by atoms with E-state index in [0.717, 1.165) is 27.7 Å². The third-order valence-electron chi connectivity index (χ3n) is 4.55. The van der Waals surface area contributed by atoms with Gasteiger partial charge in [0, 0.05) is 27.4 Å². The second-order valence-electron chi connectivity index (χ2n) is 6.42. The van der Waals surface area contributed by atoms with Gasteiger partial charge in [-0.25, -0.2) is 8.42 Å². The summed E-state index contributed by atoms with van der Waals surface area (Å²) < 4.78 is 28.9. The summed E-state index contributed by atoms with van der Waals surface area (Å²) >= 11 is 2.17. The Morgan fingerprint density at radius 2 is 1.84 bits per heavy atom. The van der Waals surface area contributed by atoms with Crippen molar-refractivity contribution in [1.29, 1.82) is 0 Å². The summed E-state index contributed by atoms with van der Waals surface area (Å²) in [4.78, 5) is 14.3. The number of hydrogen-bond donors (Lipinski definition) is 1. The molecule has 2 aromatic rings. The fraction of sp³-hybridized carbons (Fsp3) is 0.278. The molecule has 1 aliphatic heterocycles. The summed E-state index contributed by atoms with van der Waals surface area (Å²) in [5.41, 5.74) is 2.30. The Labute approximate surface area is 160 Å². The van der Waals surface area contributed by atoms with E-state index in [0.29, 0.717) is 18.7 Å². The maximum atomic E-state index is 12.6. The first kappa shape index (κ1) is 16.8. The van der Waals surface area contributed by atoms with Crippen LogP contribution in [0.5, 0.6) is 0 Å². The highest BCUT2D eigenvalue weighted by molar-refractivity contribution is 14.1. The lowest BCUT2D eigenvalue weighted by molar-refractivity contribution is -0.119. The molecule has 25 heavy (non-hydrogen) atoms. The average molecular weight is 468 g/mol. The molecule has 0 aromatic heterocycles. The number of fused-ring (bicyclic) bond motifs is 1. The second kappa shape index (κ2) is 6.28. The van der Waals surface area contributed by atoms with Gasteiger partial charge in [0.15, 0.2) is 0 Å². The van der Waals surface area contributed by atoms with E-state index >= 15 is 0 Å². The van der Waals surface area contributed by atoms with Crippen molar-refractivity contribution in [1.82, 2.24) is 0 Å². The first-order chi connectivity index (χ1) is 11.9. The maximum Gasteiger partial charge on any atom is 0.261 e. The fourth-order valence-electron chi connectivity index (χ4n) is 3.06. The largest absolute Gasteiger partial charge is 0.312 e. The van der Waals surface area contributed by atoms with Crippen molar-refractivity contribution in [3.8, 4) is 0 Å². The van der Waals surface area contributed by atoms with Crippen molar-refractivity contribution < 1.29 is 13.2 Å². The van der Waals surface area contributed by atoms with Gasteiger partial charge in [-0.15, -0.1) is 0 Å². The number of benzene rings is 2. The first-order valence-corrected chi connectivity index (χ1v) is 10.7. The molecule has 0 bridgehead atoms. The highest BCUT2D eigenvalue weighted by Crippen LogP contribution is 2.37. The Hall–Kier alpha value is -1.61. The quantitative estimate of drug-likeness (QED) is 0.700. The van der Waals surface area contributed by atoms with Crippen molar-refractivity contribution in [3.63, 3.8) is 0 Å². The number of carbonyl (C=O) groups is 1. The molecule has 1 heterocycles. The minimum atomic E-state index is -3.65. The lowest BCUT2D eigenvalue weighted by Crippen LogP contribution is -2.30. The number of anilines is 2. The van der Waals surface area contributed by atoms with E-state index in [2.05, 4.69) is 27.3 Å². The van der Waals surface area contributed by atoms with E-state index in [1.165, 1.54) is 0 Å². The molecule has 0 unspecified atom stereocenters. The molecule has 1 saturated carbocycles. The Morgan fingerprint density at radius 3 is 2.52 bits per heavy atom. The third-order valence-corrected chi connectivity index (χ3v) is 6.64. The van der Waals surface area contributed by atoms with E-state index in [1.54, 1.807) is 35.2 Å². The van der Waals surface area contributed by atoms with Gasteiger partial charge in [-0.05, 0) is 89.9 Å². The van der Waals surface area contributed by atoms with Gasteiger partial charge >= 0.3 is 0 Å². The summed E-state index contributed by atoms with van der Waals surface area (Å²) in [5.74, 6) is 0.336. The van der Waals surface area contributed by atoms with Gasteiger partial charge in [-0.1, -0.05) is 0 Å². The molecule has 2 aromatic carbocycles. The number of nitrogens with one attached hydrogen (secondary N) is 1. The zero-order valence-corrected chi connectivity index (χ0v) is 16.4. The van der Waals surface area contributed by atoms with Crippen LogP contribution in [0.4, 0.5) is 11.4 Å². The van der Waals surface area contributed by atoms with Crippen LogP contribution < -0.4 is 9.62 Å². The van der Waals surface area contributed by atoms with Crippen LogP contribution in [0.2, 0.25) is 0 Å². The van der Waals surface area contributed by atoms with Crippen LogP contribution in [0, 0.1) is 9.49 Å². The van der Waals surface area contributed by atoms with Crippen LogP contribution in [-0.4, -0.2) is 20.9 Å². The zero-order chi connectivity index (χ0) is 17.6. The SMILES string of the molecule is O=C(C1CC1)N1CCc2cc(S(=O)(=O)Nc3ccc(I)cc3)ccc21. The van der Waals surface area contributed by atoms with E-state index in [-0.39, 0.29) is 16.7 Å². The van der Waals surface area contributed by atoms with Gasteiger partial charge in [-0.3, -0.25) is 9.52 Å². The number of nitrogens with zero attached hydrogens (tertiary/aromatic N) is 1. The Kier molecular flexibility index (Phi) is 4.23. The van der Waals surface area contributed by atoms with Gasteiger partial charge in [0.1, 0.15) is 0 Å². The van der Waals surface area contributed by atoms with E-state index in [9.17, 15) is 13.2 Å². The van der Waals surface area contributed by atoms with E-state index in [1.807, 2.05) is 12.1 Å². The third kappa shape index (κ3) is 3.39. The highest BCUT2D eigenvalue weighted by Gasteiger charge is 2.36. The maximum absolute atomic E-state index is 12.6. The summed E-state index contributed by atoms with van der Waals surface area (Å²) in [7, 11) is -3.65. The Bertz CT molecular complexity index is 937. The van der Waals surface area contributed by atoms with Crippen molar-refractivity contribution in [2.45, 2.75) is 24.2 Å². The molecule has 0 saturated heterocycles. The van der Waals surface area contributed by atoms with Crippen LogP contribution in [-0.2, 0) is 21.2 Å². The van der Waals surface area contributed by atoms with Gasteiger partial charge < -0.3 is 4.90 Å². The number of amides is 1. The molecular weight excluding hydrogens is 451 g/mol. The number of halogens is 1. The lowest BCUT2D eigenvalue weighted by Gasteiger charge is -2.17. The number of carbonyl (C=O) groups excluding carboxylic acids is 1. The Balaban J connectivity index is 1.59. The normalized spacial score (nSPS) is 16.6. The molecule has 1 N–H and O–H groups in total. The molecule has 5 nitrogen and oxygen atoms in total. The summed E-state index contributed by atoms with van der Waals surface area (Å²) in [5, 5.41) is 0. The summed E-state index contributed by atoms with van der Waals surface area (Å²) in [6.07, 6.45) is 2.63. The highest BCUT2D eigenvalue weighted by atomic mass is 127. The number of sulfonamides is 1. The second-order valence-corrected chi connectivity index (χ2v) is 9.35. The van der Waals surface area contributed by atoms with Crippen LogP contribution in [0.15, 0.2) is 47.4 Å². The molecule has 0 atom stereocenters. The minimum Gasteiger partial charge on any atom is -0.312 e. The molecule has 1 amide bonds. The van der Waals surface area contributed by atoms with Crippen molar-refractivity contribution in [2.75, 3.05) is 16.2 Å². The van der Waals surface area contributed by atoms with Crippen LogP contribution >= 0.6 is 22.6 Å². The Morgan fingerprint density at radius 1 is 1.12 bits per heavy atom. The molecule has 1 fully saturated rings. The monoisotopic (exact) mass is 468 g/mol. The van der Waals surface area contributed by atoms with Crippen LogP contribution in [0.3, 0.4) is 0 Å². The topological polar surface area (TPSA) is 66.5 Å². The molecule has 2 aliphatic rings.